The van der Waals surface area contributed by atoms with Gasteiger partial charge in [-0.05, 0) is 37.5 Å². The summed E-state index contributed by atoms with van der Waals surface area (Å²) in [7, 11) is 0. The third-order valence-corrected chi connectivity index (χ3v) is 3.91. The summed E-state index contributed by atoms with van der Waals surface area (Å²) in [4.78, 5) is 19.1. The van der Waals surface area contributed by atoms with E-state index >= 15 is 0 Å². The lowest BCUT2D eigenvalue weighted by Gasteiger charge is -2.09. The number of nitro groups is 1. The average Bonchev–Trinajstić information content (AvgIpc) is 3.06. The van der Waals surface area contributed by atoms with Crippen molar-refractivity contribution in [1.82, 2.24) is 15.1 Å². The van der Waals surface area contributed by atoms with E-state index < -0.39 is 4.92 Å². The Morgan fingerprint density at radius 2 is 1.85 bits per heavy atom. The van der Waals surface area contributed by atoms with Crippen LogP contribution in [0.25, 0.3) is 0 Å². The van der Waals surface area contributed by atoms with E-state index in [1.54, 1.807) is 13.0 Å². The van der Waals surface area contributed by atoms with Crippen molar-refractivity contribution >= 4 is 28.8 Å². The monoisotopic (exact) mass is 368 g/mol. The van der Waals surface area contributed by atoms with Crippen molar-refractivity contribution in [3.05, 3.63) is 58.1 Å². The summed E-state index contributed by atoms with van der Waals surface area (Å²) in [5.74, 6) is 1.04. The summed E-state index contributed by atoms with van der Waals surface area (Å²) in [6.45, 7) is 3.87. The van der Waals surface area contributed by atoms with Crippen molar-refractivity contribution in [3.63, 3.8) is 0 Å². The molecule has 0 amide bonds. The summed E-state index contributed by atoms with van der Waals surface area (Å²) in [6, 6.07) is 9.38. The molecule has 0 aliphatic carbocycles. The fraction of sp³-hybridized carbons (Fsp3) is 0.278. The minimum absolute atomic E-state index is 0.0327. The van der Waals surface area contributed by atoms with E-state index in [0.717, 1.165) is 19.3 Å². The van der Waals surface area contributed by atoms with Crippen LogP contribution in [0.2, 0.25) is 0 Å². The predicted octanol–water partition coefficient (Wildman–Crippen LogP) is 4.51. The quantitative estimate of drug-likeness (QED) is 0.440. The minimum atomic E-state index is -0.534. The van der Waals surface area contributed by atoms with Crippen LogP contribution < -0.4 is 10.6 Å². The van der Waals surface area contributed by atoms with Gasteiger partial charge in [-0.1, -0.05) is 30.6 Å². The van der Waals surface area contributed by atoms with Crippen LogP contribution in [0, 0.1) is 17.0 Å². The molecule has 0 saturated heterocycles. The molecule has 3 aromatic rings. The molecule has 0 atom stereocenters. The van der Waals surface area contributed by atoms with Crippen molar-refractivity contribution in [2.24, 2.45) is 0 Å². The van der Waals surface area contributed by atoms with Gasteiger partial charge in [0.2, 0.25) is 11.6 Å². The molecule has 0 aliphatic rings. The Morgan fingerprint density at radius 1 is 1.15 bits per heavy atom. The number of aryl methyl sites for hydroxylation is 2. The molecule has 0 fully saturated rings. The second-order valence-electron chi connectivity index (χ2n) is 6.05. The first-order valence-electron chi connectivity index (χ1n) is 8.62. The number of nitrogens with zero attached hydrogens (tertiary/aromatic N) is 4. The lowest BCUT2D eigenvalue weighted by Crippen LogP contribution is -2.05. The molecule has 0 radical (unpaired) electrons. The topological polar surface area (TPSA) is 119 Å². The van der Waals surface area contributed by atoms with Gasteiger partial charge in [-0.15, -0.1) is 0 Å². The van der Waals surface area contributed by atoms with Crippen molar-refractivity contribution in [2.75, 3.05) is 10.6 Å². The molecule has 0 saturated carbocycles. The fourth-order valence-electron chi connectivity index (χ4n) is 2.55. The van der Waals surface area contributed by atoms with E-state index in [4.69, 9.17) is 4.52 Å². The average molecular weight is 368 g/mol. The van der Waals surface area contributed by atoms with Crippen LogP contribution in [0.15, 0.2) is 41.2 Å². The number of nitrogens with one attached hydrogen (secondary N) is 2. The Hall–Kier alpha value is -3.49. The maximum atomic E-state index is 11.6. The number of aromatic nitrogens is 3. The van der Waals surface area contributed by atoms with Crippen molar-refractivity contribution < 1.29 is 9.45 Å². The second kappa shape index (κ2) is 8.26. The van der Waals surface area contributed by atoms with Crippen LogP contribution >= 0.6 is 0 Å². The van der Waals surface area contributed by atoms with Gasteiger partial charge < -0.3 is 15.2 Å². The van der Waals surface area contributed by atoms with Crippen molar-refractivity contribution in [3.8, 4) is 0 Å². The molecule has 3 rings (SSSR count). The zero-order chi connectivity index (χ0) is 19.2. The van der Waals surface area contributed by atoms with Gasteiger partial charge in [0.15, 0.2) is 5.82 Å². The molecule has 1 aromatic carbocycles. The van der Waals surface area contributed by atoms with Crippen LogP contribution in [0.4, 0.5) is 28.8 Å². The normalized spacial score (nSPS) is 10.6. The molecule has 0 spiro atoms. The SMILES string of the molecule is CCCCc1ccc(Nc2ncnc(Nc3cc(C)on3)c2[N+](=O)[O-])cc1. The largest absolute Gasteiger partial charge is 0.360 e. The maximum absolute atomic E-state index is 11.6. The molecule has 27 heavy (non-hydrogen) atoms. The van der Waals surface area contributed by atoms with Crippen LogP contribution in [-0.2, 0) is 6.42 Å². The smallest absolute Gasteiger partial charge is 0.353 e. The first kappa shape index (κ1) is 18.3. The van der Waals surface area contributed by atoms with E-state index in [-0.39, 0.29) is 17.3 Å². The number of benzene rings is 1. The molecule has 0 aliphatic heterocycles. The molecular formula is C18H20N6O3. The Bertz CT molecular complexity index is 923. The maximum Gasteiger partial charge on any atom is 0.353 e. The summed E-state index contributed by atoms with van der Waals surface area (Å²) < 4.78 is 4.96. The van der Waals surface area contributed by atoms with Crippen molar-refractivity contribution in [1.29, 1.82) is 0 Å². The summed E-state index contributed by atoms with van der Waals surface area (Å²) in [6.07, 6.45) is 4.52. The molecule has 9 heteroatoms. The standard InChI is InChI=1S/C18H20N6O3/c1-3-4-5-13-6-8-14(9-7-13)21-17-16(24(25)26)18(20-11-19-17)22-15-10-12(2)27-23-15/h6-11H,3-5H2,1-2H3,(H2,19,20,21,22,23). The van der Waals surface area contributed by atoms with E-state index in [1.165, 1.54) is 11.9 Å². The predicted molar refractivity (Wildman–Crippen MR) is 102 cm³/mol. The number of hydrogen-bond acceptors (Lipinski definition) is 8. The molecule has 2 aromatic heterocycles. The van der Waals surface area contributed by atoms with Gasteiger partial charge in [-0.2, -0.15) is 0 Å². The van der Waals surface area contributed by atoms with Crippen LogP contribution in [0.1, 0.15) is 31.1 Å². The molecule has 2 heterocycles. The Morgan fingerprint density at radius 3 is 2.44 bits per heavy atom. The first-order valence-corrected chi connectivity index (χ1v) is 8.62. The summed E-state index contributed by atoms with van der Waals surface area (Å²) in [5, 5.41) is 21.2. The van der Waals surface area contributed by atoms with E-state index in [2.05, 4.69) is 32.7 Å². The van der Waals surface area contributed by atoms with Crippen LogP contribution in [0.5, 0.6) is 0 Å². The van der Waals surface area contributed by atoms with Crippen molar-refractivity contribution in [2.45, 2.75) is 33.1 Å². The number of anilines is 4. The zero-order valence-corrected chi connectivity index (χ0v) is 15.1. The Labute approximate surface area is 156 Å². The van der Waals surface area contributed by atoms with E-state index in [9.17, 15) is 10.1 Å². The molecule has 140 valence electrons. The van der Waals surface area contributed by atoms with Gasteiger partial charge in [-0.3, -0.25) is 10.1 Å². The highest BCUT2D eigenvalue weighted by Crippen LogP contribution is 2.32. The molecule has 9 nitrogen and oxygen atoms in total. The minimum Gasteiger partial charge on any atom is -0.360 e. The lowest BCUT2D eigenvalue weighted by molar-refractivity contribution is -0.383. The lowest BCUT2D eigenvalue weighted by atomic mass is 10.1. The third kappa shape index (κ3) is 4.57. The number of rotatable bonds is 8. The van der Waals surface area contributed by atoms with Gasteiger partial charge in [0.1, 0.15) is 12.1 Å². The van der Waals surface area contributed by atoms with Gasteiger partial charge in [0.05, 0.1) is 4.92 Å². The second-order valence-corrected chi connectivity index (χ2v) is 6.05. The highest BCUT2D eigenvalue weighted by atomic mass is 16.6. The first-order chi connectivity index (χ1) is 13.1. The van der Waals surface area contributed by atoms with E-state index in [0.29, 0.717) is 17.3 Å². The fourth-order valence-corrected chi connectivity index (χ4v) is 2.55. The Kier molecular flexibility index (Phi) is 5.60. The van der Waals surface area contributed by atoms with Gasteiger partial charge in [0, 0.05) is 11.8 Å². The highest BCUT2D eigenvalue weighted by Gasteiger charge is 2.24. The summed E-state index contributed by atoms with van der Waals surface area (Å²) in [5.41, 5.74) is 1.66. The van der Waals surface area contributed by atoms with Gasteiger partial charge >= 0.3 is 5.69 Å². The zero-order valence-electron chi connectivity index (χ0n) is 15.1. The van der Waals surface area contributed by atoms with Crippen LogP contribution in [0.3, 0.4) is 0 Å². The number of hydrogen-bond donors (Lipinski definition) is 2. The van der Waals surface area contributed by atoms with Gasteiger partial charge in [-0.25, -0.2) is 9.97 Å². The molecule has 0 bridgehead atoms. The number of unbranched alkanes of at least 4 members (excludes halogenated alkanes) is 1. The van der Waals surface area contributed by atoms with Crippen LogP contribution in [-0.4, -0.2) is 20.0 Å². The molecule has 0 unspecified atom stereocenters. The summed E-state index contributed by atoms with van der Waals surface area (Å²) >= 11 is 0. The Balaban J connectivity index is 1.84. The molecule has 2 N–H and O–H groups in total. The third-order valence-electron chi connectivity index (χ3n) is 3.91. The molecular weight excluding hydrogens is 348 g/mol. The van der Waals surface area contributed by atoms with Gasteiger partial charge in [0.25, 0.3) is 0 Å². The highest BCUT2D eigenvalue weighted by molar-refractivity contribution is 5.76. The van der Waals surface area contributed by atoms with E-state index in [1.807, 2.05) is 24.3 Å².